The van der Waals surface area contributed by atoms with E-state index in [-0.39, 0.29) is 0 Å². The van der Waals surface area contributed by atoms with Gasteiger partial charge < -0.3 is 0 Å². The summed E-state index contributed by atoms with van der Waals surface area (Å²) < 4.78 is 4.10. The molecule has 0 saturated carbocycles. The third-order valence-electron chi connectivity index (χ3n) is 3.34. The van der Waals surface area contributed by atoms with Crippen LogP contribution in [0.25, 0.3) is 0 Å². The highest BCUT2D eigenvalue weighted by molar-refractivity contribution is 7.98. The van der Waals surface area contributed by atoms with Gasteiger partial charge in [0.25, 0.3) is 0 Å². The summed E-state index contributed by atoms with van der Waals surface area (Å²) in [5.41, 5.74) is 2.39. The first-order chi connectivity index (χ1) is 10.2. The smallest absolute Gasteiger partial charge is 0.119 e. The van der Waals surface area contributed by atoms with Crippen LogP contribution in [0.4, 0.5) is 0 Å². The van der Waals surface area contributed by atoms with E-state index in [0.717, 1.165) is 23.0 Å². The molecule has 0 aromatic carbocycles. The van der Waals surface area contributed by atoms with E-state index in [9.17, 15) is 0 Å². The fourth-order valence-electron chi connectivity index (χ4n) is 2.25. The van der Waals surface area contributed by atoms with E-state index >= 15 is 0 Å². The van der Waals surface area contributed by atoms with Crippen LogP contribution in [0.3, 0.4) is 0 Å². The summed E-state index contributed by atoms with van der Waals surface area (Å²) in [5.74, 6) is 1.13. The van der Waals surface area contributed by atoms with Gasteiger partial charge >= 0.3 is 0 Å². The molecule has 0 amide bonds. The van der Waals surface area contributed by atoms with Gasteiger partial charge in [0.1, 0.15) is 5.03 Å². The first-order valence-electron chi connectivity index (χ1n) is 7.43. The second-order valence-corrected chi connectivity index (χ2v) is 7.03. The summed E-state index contributed by atoms with van der Waals surface area (Å²) in [6, 6.07) is 4.20. The molecule has 2 heterocycles. The molecule has 0 aliphatic heterocycles. The molecule has 0 aliphatic rings. The third-order valence-corrected chi connectivity index (χ3v) is 4.92. The number of aromatic nitrogens is 4. The molecule has 2 aromatic rings. The average Bonchev–Trinajstić information content (AvgIpc) is 3.04. The van der Waals surface area contributed by atoms with Crippen molar-refractivity contribution in [3.63, 3.8) is 0 Å². The maximum atomic E-state index is 4.49. The van der Waals surface area contributed by atoms with Crippen LogP contribution in [0.1, 0.15) is 37.1 Å². The molecule has 2 rings (SSSR count). The first kappa shape index (κ1) is 16.5. The van der Waals surface area contributed by atoms with E-state index in [2.05, 4.69) is 47.1 Å². The lowest BCUT2D eigenvalue weighted by atomic mass is 10.2. The molecule has 6 heteroatoms. The van der Waals surface area contributed by atoms with Crippen molar-refractivity contribution in [2.75, 3.05) is 12.0 Å². The van der Waals surface area contributed by atoms with Crippen molar-refractivity contribution >= 4 is 23.7 Å². The van der Waals surface area contributed by atoms with E-state index in [1.807, 2.05) is 10.3 Å². The molecule has 2 aromatic heterocycles. The number of nitrogens with zero attached hydrogens (tertiary/aromatic N) is 4. The molecule has 0 saturated heterocycles. The minimum Gasteiger partial charge on any atom is -0.270 e. The number of unbranched alkanes of at least 4 members (excludes halogenated alkanes) is 3. The Morgan fingerprint density at radius 2 is 1.90 bits per heavy atom. The summed E-state index contributed by atoms with van der Waals surface area (Å²) in [5, 5.41) is 10.0. The monoisotopic (exact) mass is 324 g/mol. The predicted molar refractivity (Wildman–Crippen MR) is 92.0 cm³/mol. The van der Waals surface area contributed by atoms with Crippen LogP contribution < -0.4 is 0 Å². The number of thioether (sulfide) groups is 1. The highest BCUT2D eigenvalue weighted by Crippen LogP contribution is 2.15. The average molecular weight is 325 g/mol. The Balaban J connectivity index is 1.53. The molecule has 4 nitrogen and oxygen atoms in total. The van der Waals surface area contributed by atoms with Crippen molar-refractivity contribution in [3.05, 3.63) is 29.7 Å². The van der Waals surface area contributed by atoms with Crippen LogP contribution in [0, 0.1) is 13.8 Å². The van der Waals surface area contributed by atoms with E-state index in [0.29, 0.717) is 0 Å². The fraction of sp³-hybridized carbons (Fsp3) is 0.600. The molecule has 0 spiro atoms. The number of rotatable bonds is 9. The Morgan fingerprint density at radius 3 is 2.57 bits per heavy atom. The van der Waals surface area contributed by atoms with Gasteiger partial charge in [0.05, 0.1) is 5.69 Å². The highest BCUT2D eigenvalue weighted by atomic mass is 32.2. The molecule has 116 valence electrons. The maximum Gasteiger partial charge on any atom is 0.119 e. The van der Waals surface area contributed by atoms with Crippen molar-refractivity contribution in [2.45, 2.75) is 51.1 Å². The van der Waals surface area contributed by atoms with E-state index < -0.39 is 0 Å². The highest BCUT2D eigenvalue weighted by Gasteiger charge is 2.01. The topological polar surface area (TPSA) is 35.6 Å². The largest absolute Gasteiger partial charge is 0.270 e. The van der Waals surface area contributed by atoms with Gasteiger partial charge in [0.2, 0.25) is 0 Å². The molecule has 0 fully saturated rings. The molecule has 0 unspecified atom stereocenters. The Morgan fingerprint density at radius 1 is 1.10 bits per heavy atom. The van der Waals surface area contributed by atoms with E-state index in [1.54, 1.807) is 23.7 Å². The molecular weight excluding hydrogens is 300 g/mol. The van der Waals surface area contributed by atoms with Gasteiger partial charge in [0, 0.05) is 24.2 Å². The molecule has 0 N–H and O–H groups in total. The lowest BCUT2D eigenvalue weighted by molar-refractivity contribution is 0.530. The Kier molecular flexibility index (Phi) is 6.70. The molecular formula is C15H24N4S2. The maximum absolute atomic E-state index is 4.49. The lowest BCUT2D eigenvalue weighted by Crippen LogP contribution is -2.02. The Labute approximate surface area is 135 Å². The Bertz CT molecular complexity index is 548. The van der Waals surface area contributed by atoms with Gasteiger partial charge in [-0.15, -0.1) is 11.8 Å². The van der Waals surface area contributed by atoms with Crippen molar-refractivity contribution in [1.82, 2.24) is 19.0 Å². The van der Waals surface area contributed by atoms with Gasteiger partial charge in [-0.3, -0.25) is 4.68 Å². The van der Waals surface area contributed by atoms with Gasteiger partial charge in [-0.05, 0) is 57.0 Å². The van der Waals surface area contributed by atoms with Crippen LogP contribution in [-0.2, 0) is 6.54 Å². The zero-order chi connectivity index (χ0) is 15.1. The first-order valence-corrected chi connectivity index (χ1v) is 9.60. The molecule has 0 aliphatic carbocycles. The van der Waals surface area contributed by atoms with Crippen LogP contribution in [0.15, 0.2) is 23.4 Å². The summed E-state index contributed by atoms with van der Waals surface area (Å²) in [6.45, 7) is 5.23. The zero-order valence-electron chi connectivity index (χ0n) is 13.1. The summed E-state index contributed by atoms with van der Waals surface area (Å²) >= 11 is 3.48. The third kappa shape index (κ3) is 5.43. The van der Waals surface area contributed by atoms with E-state index in [1.165, 1.54) is 31.4 Å². The quantitative estimate of drug-likeness (QED) is 0.512. The molecule has 21 heavy (non-hydrogen) atoms. The second kappa shape index (κ2) is 8.54. The Hall–Kier alpha value is -0.880. The summed E-state index contributed by atoms with van der Waals surface area (Å²) in [7, 11) is 0. The summed E-state index contributed by atoms with van der Waals surface area (Å²) in [6.07, 6.45) is 9.11. The normalized spacial score (nSPS) is 11.2. The van der Waals surface area contributed by atoms with Crippen LogP contribution >= 0.6 is 23.7 Å². The van der Waals surface area contributed by atoms with Gasteiger partial charge in [-0.1, -0.05) is 12.8 Å². The van der Waals surface area contributed by atoms with Crippen LogP contribution in [0.2, 0.25) is 0 Å². The van der Waals surface area contributed by atoms with Crippen LogP contribution in [0.5, 0.6) is 0 Å². The zero-order valence-corrected chi connectivity index (χ0v) is 14.7. The standard InChI is InChI=1S/C15H24N4S2/c1-13-12-14(2)18(16-13)9-6-4-5-7-11-21-19-10-8-15(17-19)20-3/h8,10,12H,4-7,9,11H2,1-3H3. The minimum absolute atomic E-state index is 1.04. The summed E-state index contributed by atoms with van der Waals surface area (Å²) in [4.78, 5) is 0. The van der Waals surface area contributed by atoms with Crippen molar-refractivity contribution in [1.29, 1.82) is 0 Å². The van der Waals surface area contributed by atoms with Crippen molar-refractivity contribution in [3.8, 4) is 0 Å². The second-order valence-electron chi connectivity index (χ2n) is 5.16. The minimum atomic E-state index is 1.04. The molecule has 0 bridgehead atoms. The van der Waals surface area contributed by atoms with Crippen LogP contribution in [-0.4, -0.2) is 31.0 Å². The lowest BCUT2D eigenvalue weighted by Gasteiger charge is -2.04. The van der Waals surface area contributed by atoms with Gasteiger partial charge in [-0.2, -0.15) is 10.2 Å². The molecule has 0 atom stereocenters. The SMILES string of the molecule is CSc1ccn(SCCCCCCn2nc(C)cc2C)n1. The van der Waals surface area contributed by atoms with Gasteiger partial charge in [0.15, 0.2) is 0 Å². The van der Waals surface area contributed by atoms with Gasteiger partial charge in [-0.25, -0.2) is 4.09 Å². The predicted octanol–water partition coefficient (Wildman–Crippen LogP) is 4.18. The number of hydrogen-bond donors (Lipinski definition) is 0. The fourth-order valence-corrected chi connectivity index (χ4v) is 3.48. The van der Waals surface area contributed by atoms with Crippen molar-refractivity contribution < 1.29 is 0 Å². The number of aryl methyl sites for hydroxylation is 3. The van der Waals surface area contributed by atoms with E-state index in [4.69, 9.17) is 0 Å². The molecule has 0 radical (unpaired) electrons. The number of hydrogen-bond acceptors (Lipinski definition) is 4. The van der Waals surface area contributed by atoms with Crippen molar-refractivity contribution in [2.24, 2.45) is 0 Å².